The van der Waals surface area contributed by atoms with Gasteiger partial charge in [0.2, 0.25) is 26.0 Å². The van der Waals surface area contributed by atoms with Crippen LogP contribution < -0.4 is 5.32 Å². The van der Waals surface area contributed by atoms with Gasteiger partial charge in [-0.2, -0.15) is 8.61 Å². The molecule has 0 radical (unpaired) electrons. The van der Waals surface area contributed by atoms with Gasteiger partial charge in [-0.1, -0.05) is 30.3 Å². The summed E-state index contributed by atoms with van der Waals surface area (Å²) in [6.07, 6.45) is 2.73. The van der Waals surface area contributed by atoms with Crippen LogP contribution in [0.5, 0.6) is 0 Å². The van der Waals surface area contributed by atoms with Gasteiger partial charge in [0.25, 0.3) is 0 Å². The third-order valence-corrected chi connectivity index (χ3v) is 8.24. The molecule has 1 fully saturated rings. The number of sulfonamides is 2. The van der Waals surface area contributed by atoms with Crippen LogP contribution in [0, 0.1) is 0 Å². The van der Waals surface area contributed by atoms with Gasteiger partial charge < -0.3 is 5.32 Å². The fourth-order valence-corrected chi connectivity index (χ4v) is 5.47. The van der Waals surface area contributed by atoms with E-state index in [2.05, 4.69) is 5.32 Å². The van der Waals surface area contributed by atoms with Crippen LogP contribution in [0.25, 0.3) is 0 Å². The highest BCUT2D eigenvalue weighted by atomic mass is 32.2. The molecular weight excluding hydrogens is 426 g/mol. The van der Waals surface area contributed by atoms with Gasteiger partial charge in [0.1, 0.15) is 6.04 Å². The number of benzene rings is 2. The van der Waals surface area contributed by atoms with Gasteiger partial charge in [0, 0.05) is 25.8 Å². The molecule has 30 heavy (non-hydrogen) atoms. The summed E-state index contributed by atoms with van der Waals surface area (Å²) in [4.78, 5) is 13.1. The van der Waals surface area contributed by atoms with Gasteiger partial charge >= 0.3 is 0 Å². The Morgan fingerprint density at radius 3 is 2.07 bits per heavy atom. The number of nitrogens with one attached hydrogen (secondary N) is 1. The lowest BCUT2D eigenvalue weighted by atomic mass is 10.1. The zero-order valence-electron chi connectivity index (χ0n) is 16.9. The number of hydrogen-bond acceptors (Lipinski definition) is 5. The third kappa shape index (κ3) is 4.89. The number of amides is 1. The van der Waals surface area contributed by atoms with Gasteiger partial charge in [-0.05, 0) is 42.7 Å². The fourth-order valence-electron chi connectivity index (χ4n) is 3.35. The second kappa shape index (κ2) is 8.84. The molecule has 0 unspecified atom stereocenters. The van der Waals surface area contributed by atoms with E-state index < -0.39 is 32.0 Å². The fraction of sp³-hybridized carbons (Fsp3) is 0.350. The number of carbonyl (C=O) groups is 1. The summed E-state index contributed by atoms with van der Waals surface area (Å²) in [5.41, 5.74) is 0.902. The van der Waals surface area contributed by atoms with E-state index in [9.17, 15) is 21.6 Å². The lowest BCUT2D eigenvalue weighted by molar-refractivity contribution is -0.119. The first kappa shape index (κ1) is 22.4. The first-order valence-corrected chi connectivity index (χ1v) is 12.8. The average Bonchev–Trinajstić information content (AvgIpc) is 3.24. The van der Waals surface area contributed by atoms with Gasteiger partial charge in [0.15, 0.2) is 0 Å². The molecule has 0 spiro atoms. The molecule has 1 aliphatic heterocycles. The minimum absolute atomic E-state index is 0.162. The number of likely N-dealkylation sites (N-methyl/N-ethyl adjacent to an activating group) is 1. The highest BCUT2D eigenvalue weighted by Crippen LogP contribution is 2.25. The number of anilines is 1. The molecule has 0 saturated carbocycles. The van der Waals surface area contributed by atoms with Crippen molar-refractivity contribution in [2.24, 2.45) is 0 Å². The Kier molecular flexibility index (Phi) is 6.61. The maximum absolute atomic E-state index is 12.9. The summed E-state index contributed by atoms with van der Waals surface area (Å²) < 4.78 is 51.8. The summed E-state index contributed by atoms with van der Waals surface area (Å²) in [6, 6.07) is 13.4. The van der Waals surface area contributed by atoms with Crippen LogP contribution in [-0.2, 0) is 24.8 Å². The Balaban J connectivity index is 1.82. The van der Waals surface area contributed by atoms with E-state index in [0.29, 0.717) is 24.3 Å². The van der Waals surface area contributed by atoms with E-state index in [1.165, 1.54) is 35.6 Å². The van der Waals surface area contributed by atoms with Gasteiger partial charge in [0.05, 0.1) is 11.2 Å². The van der Waals surface area contributed by atoms with Crippen molar-refractivity contribution in [1.29, 1.82) is 0 Å². The van der Waals surface area contributed by atoms with Gasteiger partial charge in [-0.15, -0.1) is 0 Å². The topological polar surface area (TPSA) is 104 Å². The normalized spacial score (nSPS) is 16.5. The SMILES string of the molecule is CN([C@@H](C(=O)Nc1ccc(S(=O)(=O)N2CCCC2)cc1)c1ccccc1)S(C)(=O)=O. The standard InChI is InChI=1S/C20H25N3O5S2/c1-22(29(2,25)26)19(16-8-4-3-5-9-16)20(24)21-17-10-12-18(13-11-17)30(27,28)23-14-6-7-15-23/h3-5,8-13,19H,6-7,14-15H2,1-2H3,(H,21,24)/t19-/m1/s1. The maximum atomic E-state index is 12.9. The summed E-state index contributed by atoms with van der Waals surface area (Å²) in [7, 11) is -5.83. The molecule has 2 aromatic carbocycles. The Hall–Kier alpha value is -2.27. The second-order valence-corrected chi connectivity index (χ2v) is 11.2. The molecule has 0 aliphatic carbocycles. The van der Waals surface area contributed by atoms with Crippen LogP contribution in [0.3, 0.4) is 0 Å². The van der Waals surface area contributed by atoms with E-state index in [1.54, 1.807) is 30.3 Å². The highest BCUT2D eigenvalue weighted by Gasteiger charge is 2.31. The molecule has 8 nitrogen and oxygen atoms in total. The van der Waals surface area contributed by atoms with E-state index in [1.807, 2.05) is 0 Å². The molecule has 1 heterocycles. The van der Waals surface area contributed by atoms with Gasteiger partial charge in [-0.3, -0.25) is 4.79 Å². The number of rotatable bonds is 7. The molecule has 10 heteroatoms. The minimum Gasteiger partial charge on any atom is -0.324 e. The molecule has 0 bridgehead atoms. The Morgan fingerprint density at radius 1 is 0.967 bits per heavy atom. The number of nitrogens with zero attached hydrogens (tertiary/aromatic N) is 2. The van der Waals surface area contributed by atoms with Crippen LogP contribution in [0.4, 0.5) is 5.69 Å². The first-order chi connectivity index (χ1) is 14.1. The maximum Gasteiger partial charge on any atom is 0.247 e. The Bertz CT molecular complexity index is 1090. The quantitative estimate of drug-likeness (QED) is 0.694. The molecule has 1 amide bonds. The molecular formula is C20H25N3O5S2. The predicted octanol–water partition coefficient (Wildman–Crippen LogP) is 2.04. The molecule has 1 N–H and O–H groups in total. The summed E-state index contributed by atoms with van der Waals surface area (Å²) >= 11 is 0. The molecule has 2 aromatic rings. The smallest absolute Gasteiger partial charge is 0.247 e. The molecule has 1 aliphatic rings. The molecule has 1 atom stereocenters. The van der Waals surface area contributed by atoms with E-state index in [4.69, 9.17) is 0 Å². The monoisotopic (exact) mass is 451 g/mol. The zero-order valence-corrected chi connectivity index (χ0v) is 18.5. The van der Waals surface area contributed by atoms with Crippen LogP contribution in [0.2, 0.25) is 0 Å². The lowest BCUT2D eigenvalue weighted by Gasteiger charge is -2.25. The average molecular weight is 452 g/mol. The van der Waals surface area contributed by atoms with Crippen molar-refractivity contribution in [3.63, 3.8) is 0 Å². The number of hydrogen-bond donors (Lipinski definition) is 1. The van der Waals surface area contributed by atoms with Crippen molar-refractivity contribution >= 4 is 31.6 Å². The minimum atomic E-state index is -3.64. The van der Waals surface area contributed by atoms with E-state index >= 15 is 0 Å². The van der Waals surface area contributed by atoms with Crippen LogP contribution in [-0.4, -0.2) is 57.7 Å². The first-order valence-electron chi connectivity index (χ1n) is 9.50. The molecule has 0 aromatic heterocycles. The van der Waals surface area contributed by atoms with E-state index in [0.717, 1.165) is 23.4 Å². The highest BCUT2D eigenvalue weighted by molar-refractivity contribution is 7.89. The van der Waals surface area contributed by atoms with Crippen LogP contribution >= 0.6 is 0 Å². The second-order valence-electron chi connectivity index (χ2n) is 7.22. The van der Waals surface area contributed by atoms with Crippen molar-refractivity contribution in [2.75, 3.05) is 31.7 Å². The zero-order chi connectivity index (χ0) is 21.9. The van der Waals surface area contributed by atoms with Crippen molar-refractivity contribution in [1.82, 2.24) is 8.61 Å². The lowest BCUT2D eigenvalue weighted by Crippen LogP contribution is -2.38. The molecule has 1 saturated heterocycles. The molecule has 3 rings (SSSR count). The largest absolute Gasteiger partial charge is 0.324 e. The summed E-state index contributed by atoms with van der Waals surface area (Å²) in [5.74, 6) is -0.538. The van der Waals surface area contributed by atoms with Crippen molar-refractivity contribution < 1.29 is 21.6 Å². The van der Waals surface area contributed by atoms with Crippen molar-refractivity contribution in [3.8, 4) is 0 Å². The van der Waals surface area contributed by atoms with Crippen molar-refractivity contribution in [2.45, 2.75) is 23.8 Å². The van der Waals surface area contributed by atoms with Crippen LogP contribution in [0.15, 0.2) is 59.5 Å². The van der Waals surface area contributed by atoms with E-state index in [-0.39, 0.29) is 4.90 Å². The number of carbonyl (C=O) groups excluding carboxylic acids is 1. The third-order valence-electron chi connectivity index (χ3n) is 5.08. The molecule has 162 valence electrons. The summed E-state index contributed by atoms with van der Waals surface area (Å²) in [5, 5.41) is 2.69. The predicted molar refractivity (Wildman–Crippen MR) is 115 cm³/mol. The van der Waals surface area contributed by atoms with Crippen LogP contribution in [0.1, 0.15) is 24.4 Å². The Labute approximate surface area is 177 Å². The summed E-state index contributed by atoms with van der Waals surface area (Å²) in [6.45, 7) is 1.02. The van der Waals surface area contributed by atoms with Crippen molar-refractivity contribution in [3.05, 3.63) is 60.2 Å². The Morgan fingerprint density at radius 2 is 1.53 bits per heavy atom. The van der Waals surface area contributed by atoms with Gasteiger partial charge in [-0.25, -0.2) is 16.8 Å².